The van der Waals surface area contributed by atoms with Gasteiger partial charge in [0, 0.05) is 17.1 Å². The van der Waals surface area contributed by atoms with Crippen LogP contribution >= 0.6 is 11.8 Å². The van der Waals surface area contributed by atoms with E-state index in [1.807, 2.05) is 42.1 Å². The molecule has 1 amide bonds. The summed E-state index contributed by atoms with van der Waals surface area (Å²) in [5.74, 6) is 0.260. The van der Waals surface area contributed by atoms with Crippen molar-refractivity contribution >= 4 is 34.7 Å². The van der Waals surface area contributed by atoms with Crippen LogP contribution in [0.1, 0.15) is 39.0 Å². The summed E-state index contributed by atoms with van der Waals surface area (Å²) >= 11 is 1.87. The van der Waals surface area contributed by atoms with Gasteiger partial charge in [-0.15, -0.1) is 11.8 Å². The second-order valence-electron chi connectivity index (χ2n) is 6.98. The van der Waals surface area contributed by atoms with Crippen molar-refractivity contribution in [2.75, 3.05) is 10.2 Å². The van der Waals surface area contributed by atoms with E-state index in [-0.39, 0.29) is 16.0 Å². The molecule has 2 aromatic rings. The minimum absolute atomic E-state index is 0.0247. The first-order valence-corrected chi connectivity index (χ1v) is 10.00. The number of benzene rings is 2. The van der Waals surface area contributed by atoms with Crippen molar-refractivity contribution in [3.63, 3.8) is 0 Å². The summed E-state index contributed by atoms with van der Waals surface area (Å²) < 4.78 is 0. The Morgan fingerprint density at radius 1 is 0.960 bits per heavy atom. The van der Waals surface area contributed by atoms with Gasteiger partial charge < -0.3 is 5.32 Å². The number of anilines is 3. The van der Waals surface area contributed by atoms with Crippen LogP contribution in [-0.4, -0.2) is 16.0 Å². The van der Waals surface area contributed by atoms with Gasteiger partial charge in [0.05, 0.1) is 10.1 Å². The Morgan fingerprint density at radius 3 is 2.28 bits per heavy atom. The Balaban J connectivity index is 1.58. The molecule has 0 radical (unpaired) electrons. The molecule has 2 aliphatic rings. The van der Waals surface area contributed by atoms with Gasteiger partial charge in [-0.1, -0.05) is 37.5 Å². The van der Waals surface area contributed by atoms with Crippen LogP contribution in [0.25, 0.3) is 0 Å². The lowest BCUT2D eigenvalue weighted by atomic mass is 9.92. The van der Waals surface area contributed by atoms with Gasteiger partial charge in [0.2, 0.25) is 5.91 Å². The highest BCUT2D eigenvalue weighted by molar-refractivity contribution is 8.02. The van der Waals surface area contributed by atoms with Crippen LogP contribution in [0.3, 0.4) is 0 Å². The first-order valence-electron chi connectivity index (χ1n) is 9.12. The Bertz CT molecular complexity index is 738. The monoisotopic (exact) mass is 352 g/mol. The largest absolute Gasteiger partial charge is 0.356 e. The number of carbonyl (C=O) groups excluding carboxylic acids is 1. The van der Waals surface area contributed by atoms with Crippen molar-refractivity contribution in [2.45, 2.75) is 49.1 Å². The molecule has 4 heteroatoms. The third-order valence-corrected chi connectivity index (χ3v) is 6.78. The molecule has 1 heterocycles. The average molecular weight is 353 g/mol. The molecular formula is C21H24N2OS. The molecule has 130 valence electrons. The van der Waals surface area contributed by atoms with Gasteiger partial charge in [0.25, 0.3) is 0 Å². The smallest absolute Gasteiger partial charge is 0.241 e. The van der Waals surface area contributed by atoms with Crippen LogP contribution in [0, 0.1) is 0 Å². The quantitative estimate of drug-likeness (QED) is 0.785. The summed E-state index contributed by atoms with van der Waals surface area (Å²) in [6.07, 6.45) is 5.95. The average Bonchev–Trinajstić information content (AvgIpc) is 2.87. The fourth-order valence-electron chi connectivity index (χ4n) is 4.00. The highest BCUT2D eigenvalue weighted by atomic mass is 32.2. The zero-order valence-corrected chi connectivity index (χ0v) is 15.4. The summed E-state index contributed by atoms with van der Waals surface area (Å²) in [5, 5.41) is 3.46. The molecule has 1 unspecified atom stereocenters. The van der Waals surface area contributed by atoms with Crippen LogP contribution in [0.5, 0.6) is 0 Å². The van der Waals surface area contributed by atoms with Crippen LogP contribution in [0.15, 0.2) is 54.6 Å². The molecule has 1 spiro atoms. The van der Waals surface area contributed by atoms with Gasteiger partial charge in [-0.3, -0.25) is 9.69 Å². The lowest BCUT2D eigenvalue weighted by molar-refractivity contribution is -0.117. The van der Waals surface area contributed by atoms with Gasteiger partial charge >= 0.3 is 0 Å². The van der Waals surface area contributed by atoms with Gasteiger partial charge in [-0.25, -0.2) is 0 Å². The second-order valence-corrected chi connectivity index (χ2v) is 8.68. The van der Waals surface area contributed by atoms with Gasteiger partial charge in [-0.05, 0) is 56.2 Å². The number of hydrogen-bond donors (Lipinski definition) is 1. The standard InChI is InChI=1S/C21H24N2OS/c1-16-20(24)23(21(25-16)14-6-3-7-15-21)19-12-10-18(11-13-19)22-17-8-4-2-5-9-17/h2,4-5,8-13,16,22H,3,6-7,14-15H2,1H3. The summed E-state index contributed by atoms with van der Waals surface area (Å²) in [6, 6.07) is 18.4. The van der Waals surface area contributed by atoms with E-state index in [1.165, 1.54) is 19.3 Å². The molecule has 4 rings (SSSR count). The fourth-order valence-corrected chi connectivity index (χ4v) is 5.69. The van der Waals surface area contributed by atoms with E-state index in [4.69, 9.17) is 0 Å². The van der Waals surface area contributed by atoms with Crippen LogP contribution < -0.4 is 10.2 Å². The van der Waals surface area contributed by atoms with E-state index in [1.54, 1.807) is 0 Å². The lowest BCUT2D eigenvalue weighted by Crippen LogP contribution is -2.46. The summed E-state index contributed by atoms with van der Waals surface area (Å²) in [6.45, 7) is 2.05. The van der Waals surface area contributed by atoms with Crippen molar-refractivity contribution in [1.29, 1.82) is 0 Å². The van der Waals surface area contributed by atoms with Crippen LogP contribution in [0.2, 0.25) is 0 Å². The van der Waals surface area contributed by atoms with Gasteiger partial charge in [0.1, 0.15) is 0 Å². The Hall–Kier alpha value is -1.94. The van der Waals surface area contributed by atoms with Crippen molar-refractivity contribution < 1.29 is 4.79 Å². The molecule has 3 nitrogen and oxygen atoms in total. The molecule has 2 fully saturated rings. The van der Waals surface area contributed by atoms with E-state index < -0.39 is 0 Å². The number of rotatable bonds is 3. The third kappa shape index (κ3) is 3.15. The molecule has 0 bridgehead atoms. The molecular weight excluding hydrogens is 328 g/mol. The molecule has 1 N–H and O–H groups in total. The molecule has 25 heavy (non-hydrogen) atoms. The maximum atomic E-state index is 12.8. The van der Waals surface area contributed by atoms with E-state index in [0.717, 1.165) is 29.9 Å². The number of nitrogens with one attached hydrogen (secondary N) is 1. The number of thioether (sulfide) groups is 1. The molecule has 1 aliphatic heterocycles. The molecule has 1 atom stereocenters. The normalized spacial score (nSPS) is 22.4. The molecule has 1 saturated carbocycles. The van der Waals surface area contributed by atoms with Crippen molar-refractivity contribution in [3.05, 3.63) is 54.6 Å². The van der Waals surface area contributed by atoms with Crippen molar-refractivity contribution in [2.24, 2.45) is 0 Å². The third-order valence-electron chi connectivity index (χ3n) is 5.19. The predicted molar refractivity (Wildman–Crippen MR) is 107 cm³/mol. The zero-order chi connectivity index (χ0) is 17.3. The molecule has 1 aliphatic carbocycles. The second kappa shape index (κ2) is 6.75. The first kappa shape index (κ1) is 16.5. The molecule has 2 aromatic carbocycles. The summed E-state index contributed by atoms with van der Waals surface area (Å²) in [4.78, 5) is 14.9. The van der Waals surface area contributed by atoms with E-state index >= 15 is 0 Å². The van der Waals surface area contributed by atoms with Crippen LogP contribution in [-0.2, 0) is 4.79 Å². The zero-order valence-electron chi connectivity index (χ0n) is 14.6. The van der Waals surface area contributed by atoms with Gasteiger partial charge in [-0.2, -0.15) is 0 Å². The van der Waals surface area contributed by atoms with E-state index in [9.17, 15) is 4.79 Å². The highest BCUT2D eigenvalue weighted by Crippen LogP contribution is 2.51. The molecule has 1 saturated heterocycles. The lowest BCUT2D eigenvalue weighted by Gasteiger charge is -2.40. The molecule has 0 aromatic heterocycles. The fraction of sp³-hybridized carbons (Fsp3) is 0.381. The number of nitrogens with zero attached hydrogens (tertiary/aromatic N) is 1. The van der Waals surface area contributed by atoms with Crippen molar-refractivity contribution in [3.8, 4) is 0 Å². The Labute approximate surface area is 153 Å². The number of hydrogen-bond acceptors (Lipinski definition) is 3. The number of para-hydroxylation sites is 1. The highest BCUT2D eigenvalue weighted by Gasteiger charge is 2.50. The minimum atomic E-state index is -0.0247. The van der Waals surface area contributed by atoms with Crippen LogP contribution in [0.4, 0.5) is 17.1 Å². The van der Waals surface area contributed by atoms with E-state index in [0.29, 0.717) is 0 Å². The Morgan fingerprint density at radius 2 is 1.60 bits per heavy atom. The van der Waals surface area contributed by atoms with Gasteiger partial charge in [0.15, 0.2) is 0 Å². The Kier molecular flexibility index (Phi) is 4.46. The topological polar surface area (TPSA) is 32.3 Å². The summed E-state index contributed by atoms with van der Waals surface area (Å²) in [5.41, 5.74) is 3.14. The SMILES string of the molecule is CC1SC2(CCCCC2)N(c2ccc(Nc3ccccc3)cc2)C1=O. The van der Waals surface area contributed by atoms with Crippen molar-refractivity contribution in [1.82, 2.24) is 0 Å². The first-order chi connectivity index (χ1) is 12.2. The minimum Gasteiger partial charge on any atom is -0.356 e. The maximum absolute atomic E-state index is 12.8. The predicted octanol–water partition coefficient (Wildman–Crippen LogP) is 5.56. The van der Waals surface area contributed by atoms with E-state index in [2.05, 4.69) is 41.4 Å². The summed E-state index contributed by atoms with van der Waals surface area (Å²) in [7, 11) is 0. The number of amides is 1. The number of carbonyl (C=O) groups is 1. The maximum Gasteiger partial charge on any atom is 0.241 e.